The summed E-state index contributed by atoms with van der Waals surface area (Å²) in [6.45, 7) is 0. The SMILES string of the molecule is COc1cc2cc(CCl)cc(O)c2s1. The molecule has 0 aliphatic heterocycles. The average molecular weight is 229 g/mol. The van der Waals surface area contributed by atoms with Gasteiger partial charge in [-0.1, -0.05) is 11.3 Å². The molecule has 0 fully saturated rings. The van der Waals surface area contributed by atoms with Crippen LogP contribution in [-0.2, 0) is 5.88 Å². The summed E-state index contributed by atoms with van der Waals surface area (Å²) in [5.41, 5.74) is 0.914. The number of benzene rings is 1. The van der Waals surface area contributed by atoms with Crippen molar-refractivity contribution in [2.75, 3.05) is 7.11 Å². The molecule has 0 saturated carbocycles. The van der Waals surface area contributed by atoms with Crippen LogP contribution in [0.4, 0.5) is 0 Å². The van der Waals surface area contributed by atoms with E-state index in [1.165, 1.54) is 11.3 Å². The van der Waals surface area contributed by atoms with Gasteiger partial charge in [0.05, 0.1) is 11.8 Å². The van der Waals surface area contributed by atoms with Crippen molar-refractivity contribution in [1.82, 2.24) is 0 Å². The Hall–Kier alpha value is -0.930. The Morgan fingerprint density at radius 2 is 2.21 bits per heavy atom. The molecule has 1 aromatic carbocycles. The highest BCUT2D eigenvalue weighted by atomic mass is 35.5. The van der Waals surface area contributed by atoms with Gasteiger partial charge in [0.1, 0.15) is 5.75 Å². The number of thiophene rings is 1. The molecule has 4 heteroatoms. The van der Waals surface area contributed by atoms with E-state index in [9.17, 15) is 5.11 Å². The van der Waals surface area contributed by atoms with Crippen molar-refractivity contribution in [3.05, 3.63) is 23.8 Å². The van der Waals surface area contributed by atoms with Crippen LogP contribution in [0.2, 0.25) is 0 Å². The molecule has 2 aromatic rings. The van der Waals surface area contributed by atoms with E-state index in [4.69, 9.17) is 16.3 Å². The lowest BCUT2D eigenvalue weighted by atomic mass is 10.2. The zero-order chi connectivity index (χ0) is 10.1. The van der Waals surface area contributed by atoms with Crippen molar-refractivity contribution in [1.29, 1.82) is 0 Å². The van der Waals surface area contributed by atoms with Crippen molar-refractivity contribution in [3.63, 3.8) is 0 Å². The van der Waals surface area contributed by atoms with Crippen molar-refractivity contribution >= 4 is 33.0 Å². The van der Waals surface area contributed by atoms with Crippen molar-refractivity contribution in [2.24, 2.45) is 0 Å². The smallest absolute Gasteiger partial charge is 0.174 e. The van der Waals surface area contributed by atoms with Crippen LogP contribution < -0.4 is 4.74 Å². The predicted molar refractivity (Wildman–Crippen MR) is 59.6 cm³/mol. The number of aromatic hydroxyl groups is 1. The third-order valence-corrected chi connectivity index (χ3v) is 3.43. The minimum absolute atomic E-state index is 0.270. The monoisotopic (exact) mass is 228 g/mol. The highest BCUT2D eigenvalue weighted by Crippen LogP contribution is 2.38. The minimum atomic E-state index is 0.270. The topological polar surface area (TPSA) is 29.5 Å². The van der Waals surface area contributed by atoms with E-state index in [0.717, 1.165) is 20.7 Å². The summed E-state index contributed by atoms with van der Waals surface area (Å²) in [5.74, 6) is 0.674. The van der Waals surface area contributed by atoms with Gasteiger partial charge in [0, 0.05) is 11.3 Å². The molecule has 14 heavy (non-hydrogen) atoms. The lowest BCUT2D eigenvalue weighted by Gasteiger charge is -1.98. The number of ether oxygens (including phenoxy) is 1. The fourth-order valence-electron chi connectivity index (χ4n) is 1.35. The molecule has 0 atom stereocenters. The molecule has 1 heterocycles. The second-order valence-electron chi connectivity index (χ2n) is 2.94. The van der Waals surface area contributed by atoms with Crippen LogP contribution in [0.5, 0.6) is 10.8 Å². The Kier molecular flexibility index (Phi) is 2.52. The maximum absolute atomic E-state index is 9.69. The van der Waals surface area contributed by atoms with E-state index < -0.39 is 0 Å². The second-order valence-corrected chi connectivity index (χ2v) is 4.22. The van der Waals surface area contributed by atoms with E-state index in [-0.39, 0.29) is 5.75 Å². The largest absolute Gasteiger partial charge is 0.506 e. The van der Waals surface area contributed by atoms with Crippen molar-refractivity contribution < 1.29 is 9.84 Å². The number of alkyl halides is 1. The molecule has 1 N–H and O–H groups in total. The average Bonchev–Trinajstić information content (AvgIpc) is 2.61. The van der Waals surface area contributed by atoms with Gasteiger partial charge in [-0.05, 0) is 23.8 Å². The van der Waals surface area contributed by atoms with Gasteiger partial charge in [-0.25, -0.2) is 0 Å². The summed E-state index contributed by atoms with van der Waals surface area (Å²) in [7, 11) is 1.62. The van der Waals surface area contributed by atoms with Crippen LogP contribution in [0.1, 0.15) is 5.56 Å². The molecule has 0 aliphatic carbocycles. The molecule has 1 aromatic heterocycles. The first kappa shape index (κ1) is 9.62. The van der Waals surface area contributed by atoms with E-state index in [1.54, 1.807) is 13.2 Å². The number of rotatable bonds is 2. The van der Waals surface area contributed by atoms with Gasteiger partial charge in [0.2, 0.25) is 0 Å². The normalized spacial score (nSPS) is 10.7. The first-order chi connectivity index (χ1) is 6.74. The van der Waals surface area contributed by atoms with Crippen LogP contribution in [-0.4, -0.2) is 12.2 Å². The number of halogens is 1. The van der Waals surface area contributed by atoms with E-state index in [2.05, 4.69) is 0 Å². The van der Waals surface area contributed by atoms with Crippen LogP contribution in [0.3, 0.4) is 0 Å². The number of fused-ring (bicyclic) bond motifs is 1. The van der Waals surface area contributed by atoms with E-state index in [0.29, 0.717) is 5.88 Å². The Morgan fingerprint density at radius 1 is 1.43 bits per heavy atom. The predicted octanol–water partition coefficient (Wildman–Crippen LogP) is 3.35. The number of phenolic OH excluding ortho intramolecular Hbond substituents is 1. The molecule has 0 aliphatic rings. The molecule has 74 valence electrons. The third kappa shape index (κ3) is 1.53. The number of methoxy groups -OCH3 is 1. The van der Waals surface area contributed by atoms with Crippen LogP contribution >= 0.6 is 22.9 Å². The van der Waals surface area contributed by atoms with Crippen molar-refractivity contribution in [3.8, 4) is 10.8 Å². The van der Waals surface area contributed by atoms with E-state index in [1.807, 2.05) is 12.1 Å². The fraction of sp³-hybridized carbons (Fsp3) is 0.200. The zero-order valence-corrected chi connectivity index (χ0v) is 9.15. The summed E-state index contributed by atoms with van der Waals surface area (Å²) >= 11 is 7.13. The number of phenols is 1. The van der Waals surface area contributed by atoms with E-state index >= 15 is 0 Å². The third-order valence-electron chi connectivity index (χ3n) is 1.99. The Bertz CT molecular complexity index is 464. The maximum Gasteiger partial charge on any atom is 0.174 e. The summed E-state index contributed by atoms with van der Waals surface area (Å²) in [4.78, 5) is 0. The lowest BCUT2D eigenvalue weighted by Crippen LogP contribution is -1.76. The summed E-state index contributed by atoms with van der Waals surface area (Å²) in [6.07, 6.45) is 0. The van der Waals surface area contributed by atoms with Crippen LogP contribution in [0.25, 0.3) is 10.1 Å². The van der Waals surface area contributed by atoms with Crippen molar-refractivity contribution in [2.45, 2.75) is 5.88 Å². The van der Waals surface area contributed by atoms with Gasteiger partial charge in [-0.3, -0.25) is 0 Å². The van der Waals surface area contributed by atoms with Gasteiger partial charge in [0.15, 0.2) is 5.06 Å². The Labute approximate surface area is 90.7 Å². The highest BCUT2D eigenvalue weighted by molar-refractivity contribution is 7.21. The van der Waals surface area contributed by atoms with Gasteiger partial charge in [0.25, 0.3) is 0 Å². The molecule has 0 spiro atoms. The fourth-order valence-corrected chi connectivity index (χ4v) is 2.37. The lowest BCUT2D eigenvalue weighted by molar-refractivity contribution is 0.427. The van der Waals surface area contributed by atoms with Crippen LogP contribution in [0.15, 0.2) is 18.2 Å². The summed E-state index contributed by atoms with van der Waals surface area (Å²) in [6, 6.07) is 5.54. The van der Waals surface area contributed by atoms with Gasteiger partial charge in [-0.15, -0.1) is 11.6 Å². The molecule has 2 nitrogen and oxygen atoms in total. The summed E-state index contributed by atoms with van der Waals surface area (Å²) in [5, 5.41) is 11.5. The Balaban J connectivity index is 2.67. The Morgan fingerprint density at radius 3 is 2.86 bits per heavy atom. The number of hydrogen-bond donors (Lipinski definition) is 1. The molecule has 0 saturated heterocycles. The second kappa shape index (κ2) is 3.67. The van der Waals surface area contributed by atoms with Crippen LogP contribution in [0, 0.1) is 0 Å². The molecular formula is C10H9ClO2S. The molecule has 0 bridgehead atoms. The zero-order valence-electron chi connectivity index (χ0n) is 7.58. The van der Waals surface area contributed by atoms with Gasteiger partial charge >= 0.3 is 0 Å². The first-order valence-electron chi connectivity index (χ1n) is 4.10. The minimum Gasteiger partial charge on any atom is -0.506 e. The number of hydrogen-bond acceptors (Lipinski definition) is 3. The van der Waals surface area contributed by atoms with Gasteiger partial charge < -0.3 is 9.84 Å². The molecule has 0 unspecified atom stereocenters. The molecular weight excluding hydrogens is 220 g/mol. The highest BCUT2D eigenvalue weighted by Gasteiger charge is 2.07. The molecule has 0 radical (unpaired) electrons. The molecule has 2 rings (SSSR count). The first-order valence-corrected chi connectivity index (χ1v) is 5.45. The summed E-state index contributed by atoms with van der Waals surface area (Å²) < 4.78 is 5.95. The maximum atomic E-state index is 9.69. The van der Waals surface area contributed by atoms with Gasteiger partial charge in [-0.2, -0.15) is 0 Å². The quantitative estimate of drug-likeness (QED) is 0.799. The standard InChI is InChI=1S/C10H9ClO2S/c1-13-9-4-7-2-6(5-11)3-8(12)10(7)14-9/h2-4,12H,5H2,1H3. The molecule has 0 amide bonds.